The fraction of sp³-hybridized carbons (Fsp3) is 0.300. The third kappa shape index (κ3) is 2.45. The van der Waals surface area contributed by atoms with Crippen LogP contribution in [0.15, 0.2) is 12.1 Å². The van der Waals surface area contributed by atoms with E-state index in [4.69, 9.17) is 16.7 Å². The van der Waals surface area contributed by atoms with E-state index < -0.39 is 23.5 Å². The minimum Gasteiger partial charge on any atom is -0.481 e. The van der Waals surface area contributed by atoms with Gasteiger partial charge in [-0.2, -0.15) is 0 Å². The van der Waals surface area contributed by atoms with E-state index in [1.54, 1.807) is 6.92 Å². The van der Waals surface area contributed by atoms with E-state index in [0.717, 1.165) is 12.1 Å². The van der Waals surface area contributed by atoms with Crippen molar-refractivity contribution in [2.75, 3.05) is 0 Å². The van der Waals surface area contributed by atoms with Gasteiger partial charge in [-0.15, -0.1) is 0 Å². The minimum atomic E-state index is -1.11. The molecule has 0 aromatic heterocycles. The molecule has 0 aliphatic heterocycles. The molecule has 1 aromatic rings. The van der Waals surface area contributed by atoms with Crippen molar-refractivity contribution < 1.29 is 18.7 Å². The zero-order valence-corrected chi connectivity index (χ0v) is 8.68. The van der Waals surface area contributed by atoms with Gasteiger partial charge in [0.05, 0.1) is 5.92 Å². The number of carboxylic acids is 1. The molecule has 1 rings (SSSR count). The van der Waals surface area contributed by atoms with Crippen molar-refractivity contribution in [3.63, 3.8) is 0 Å². The lowest BCUT2D eigenvalue weighted by Gasteiger charge is -2.12. The molecule has 0 aliphatic rings. The predicted octanol–water partition coefficient (Wildman–Crippen LogP) is 3.20. The lowest BCUT2D eigenvalue weighted by Crippen LogP contribution is -2.11. The number of benzene rings is 1. The number of halogens is 3. The van der Waals surface area contributed by atoms with Gasteiger partial charge >= 0.3 is 5.97 Å². The Morgan fingerprint density at radius 3 is 2.47 bits per heavy atom. The van der Waals surface area contributed by atoms with Crippen molar-refractivity contribution in [2.45, 2.75) is 19.3 Å². The highest BCUT2D eigenvalue weighted by Crippen LogP contribution is 2.29. The summed E-state index contributed by atoms with van der Waals surface area (Å²) in [7, 11) is 0. The van der Waals surface area contributed by atoms with Crippen molar-refractivity contribution in [1.29, 1.82) is 0 Å². The minimum absolute atomic E-state index is 0.0665. The van der Waals surface area contributed by atoms with Crippen molar-refractivity contribution in [3.05, 3.63) is 34.4 Å². The molecule has 15 heavy (non-hydrogen) atoms. The van der Waals surface area contributed by atoms with Gasteiger partial charge in [0, 0.05) is 5.02 Å². The van der Waals surface area contributed by atoms with E-state index in [1.165, 1.54) is 0 Å². The second kappa shape index (κ2) is 4.57. The fourth-order valence-corrected chi connectivity index (χ4v) is 1.61. The van der Waals surface area contributed by atoms with E-state index in [2.05, 4.69) is 0 Å². The van der Waals surface area contributed by atoms with Crippen LogP contribution in [0, 0.1) is 11.6 Å². The molecule has 0 amide bonds. The molecule has 0 bridgehead atoms. The van der Waals surface area contributed by atoms with E-state index in [0.29, 0.717) is 0 Å². The van der Waals surface area contributed by atoms with E-state index in [-0.39, 0.29) is 17.0 Å². The molecule has 0 heterocycles. The van der Waals surface area contributed by atoms with Crippen LogP contribution in [0.4, 0.5) is 8.78 Å². The quantitative estimate of drug-likeness (QED) is 0.816. The molecule has 1 N–H and O–H groups in total. The average Bonchev–Trinajstić information content (AvgIpc) is 2.14. The summed E-state index contributed by atoms with van der Waals surface area (Å²) in [5, 5.41) is 8.77. The summed E-state index contributed by atoms with van der Waals surface area (Å²) in [6, 6.07) is 1.62. The van der Waals surface area contributed by atoms with Gasteiger partial charge in [-0.1, -0.05) is 18.5 Å². The SMILES string of the molecule is CCC(C(=O)O)c1cc(F)c(F)cc1Cl. The van der Waals surface area contributed by atoms with Crippen LogP contribution in [0.25, 0.3) is 0 Å². The molecule has 0 fully saturated rings. The summed E-state index contributed by atoms with van der Waals surface area (Å²) in [5.41, 5.74) is 0.102. The standard InChI is InChI=1S/C10H9ClF2O2/c1-2-5(10(14)15)6-3-8(12)9(13)4-7(6)11/h3-5H,2H2,1H3,(H,14,15). The van der Waals surface area contributed by atoms with Gasteiger partial charge in [0.1, 0.15) is 0 Å². The van der Waals surface area contributed by atoms with Crippen molar-refractivity contribution >= 4 is 17.6 Å². The molecule has 0 radical (unpaired) electrons. The molecule has 2 nitrogen and oxygen atoms in total. The van der Waals surface area contributed by atoms with Gasteiger partial charge in [0.2, 0.25) is 0 Å². The monoisotopic (exact) mass is 234 g/mol. The highest BCUT2D eigenvalue weighted by Gasteiger charge is 2.22. The predicted molar refractivity (Wildman–Crippen MR) is 52.0 cm³/mol. The summed E-state index contributed by atoms with van der Waals surface area (Å²) in [6.45, 7) is 1.64. The van der Waals surface area contributed by atoms with Gasteiger partial charge in [0.25, 0.3) is 0 Å². The van der Waals surface area contributed by atoms with Crippen molar-refractivity contribution in [1.82, 2.24) is 0 Å². The number of hydrogen-bond donors (Lipinski definition) is 1. The van der Waals surface area contributed by atoms with Crippen LogP contribution < -0.4 is 0 Å². The molecule has 1 atom stereocenters. The maximum atomic E-state index is 12.9. The number of carboxylic acid groups (broad SMARTS) is 1. The molecule has 0 saturated heterocycles. The topological polar surface area (TPSA) is 37.3 Å². The number of aliphatic carboxylic acids is 1. The van der Waals surface area contributed by atoms with E-state index in [9.17, 15) is 13.6 Å². The molecule has 0 saturated carbocycles. The number of carbonyl (C=O) groups is 1. The lowest BCUT2D eigenvalue weighted by molar-refractivity contribution is -0.138. The maximum absolute atomic E-state index is 12.9. The third-order valence-electron chi connectivity index (χ3n) is 2.12. The van der Waals surface area contributed by atoms with E-state index >= 15 is 0 Å². The second-order valence-electron chi connectivity index (χ2n) is 3.09. The van der Waals surface area contributed by atoms with Crippen LogP contribution in [0.1, 0.15) is 24.8 Å². The van der Waals surface area contributed by atoms with Gasteiger partial charge in [-0.05, 0) is 24.1 Å². The van der Waals surface area contributed by atoms with Crippen LogP contribution in [-0.4, -0.2) is 11.1 Å². The zero-order valence-electron chi connectivity index (χ0n) is 7.93. The van der Waals surface area contributed by atoms with Crippen LogP contribution in [0.3, 0.4) is 0 Å². The first-order valence-electron chi connectivity index (χ1n) is 4.34. The van der Waals surface area contributed by atoms with Crippen LogP contribution in [0.2, 0.25) is 5.02 Å². The Morgan fingerprint density at radius 1 is 1.47 bits per heavy atom. The summed E-state index contributed by atoms with van der Waals surface area (Å²) < 4.78 is 25.6. The van der Waals surface area contributed by atoms with Gasteiger partial charge in [-0.25, -0.2) is 8.78 Å². The Kier molecular flexibility index (Phi) is 3.63. The third-order valence-corrected chi connectivity index (χ3v) is 2.45. The highest BCUT2D eigenvalue weighted by molar-refractivity contribution is 6.31. The summed E-state index contributed by atoms with van der Waals surface area (Å²) in [4.78, 5) is 10.8. The Bertz CT molecular complexity index is 393. The number of hydrogen-bond acceptors (Lipinski definition) is 1. The highest BCUT2D eigenvalue weighted by atomic mass is 35.5. The first kappa shape index (κ1) is 11.9. The first-order chi connectivity index (χ1) is 6.97. The molecule has 1 aromatic carbocycles. The molecular weight excluding hydrogens is 226 g/mol. The van der Waals surface area contributed by atoms with E-state index in [1.807, 2.05) is 0 Å². The normalized spacial score (nSPS) is 12.5. The smallest absolute Gasteiger partial charge is 0.311 e. The van der Waals surface area contributed by atoms with Crippen LogP contribution in [0.5, 0.6) is 0 Å². The largest absolute Gasteiger partial charge is 0.481 e. The van der Waals surface area contributed by atoms with Crippen molar-refractivity contribution in [3.8, 4) is 0 Å². The average molecular weight is 235 g/mol. The lowest BCUT2D eigenvalue weighted by atomic mass is 9.96. The Hall–Kier alpha value is -1.16. The number of rotatable bonds is 3. The second-order valence-corrected chi connectivity index (χ2v) is 3.49. The molecule has 82 valence electrons. The van der Waals surface area contributed by atoms with Crippen LogP contribution in [-0.2, 0) is 4.79 Å². The summed E-state index contributed by atoms with van der Waals surface area (Å²) in [6.07, 6.45) is 0.264. The van der Waals surface area contributed by atoms with Gasteiger partial charge < -0.3 is 5.11 Å². The molecule has 5 heteroatoms. The van der Waals surface area contributed by atoms with Gasteiger partial charge in [0.15, 0.2) is 11.6 Å². The summed E-state index contributed by atoms with van der Waals surface area (Å²) in [5.74, 6) is -4.18. The van der Waals surface area contributed by atoms with Crippen LogP contribution >= 0.6 is 11.6 Å². The Morgan fingerprint density at radius 2 is 2.00 bits per heavy atom. The molecule has 1 unspecified atom stereocenters. The Balaban J connectivity index is 3.24. The zero-order chi connectivity index (χ0) is 11.6. The van der Waals surface area contributed by atoms with Crippen molar-refractivity contribution in [2.24, 2.45) is 0 Å². The fourth-order valence-electron chi connectivity index (χ4n) is 1.33. The molecular formula is C10H9ClF2O2. The summed E-state index contributed by atoms with van der Waals surface area (Å²) >= 11 is 5.65. The first-order valence-corrected chi connectivity index (χ1v) is 4.72. The Labute approximate surface area is 90.5 Å². The van der Waals surface area contributed by atoms with Gasteiger partial charge in [-0.3, -0.25) is 4.79 Å². The maximum Gasteiger partial charge on any atom is 0.311 e. The molecule has 0 aliphatic carbocycles. The molecule has 0 spiro atoms.